The molecule has 1 aromatic rings. The maximum atomic E-state index is 12.4. The minimum Gasteiger partial charge on any atom is -0.495 e. The van der Waals surface area contributed by atoms with Gasteiger partial charge in [-0.05, 0) is 44.5 Å². The molecule has 21 heavy (non-hydrogen) atoms. The van der Waals surface area contributed by atoms with Gasteiger partial charge in [-0.25, -0.2) is 13.1 Å². The van der Waals surface area contributed by atoms with E-state index in [2.05, 4.69) is 10.0 Å². The molecule has 1 aliphatic heterocycles. The third kappa shape index (κ3) is 4.47. The van der Waals surface area contributed by atoms with E-state index in [4.69, 9.17) is 16.3 Å². The third-order valence-corrected chi connectivity index (χ3v) is 5.28. The van der Waals surface area contributed by atoms with Gasteiger partial charge in [-0.15, -0.1) is 12.4 Å². The van der Waals surface area contributed by atoms with E-state index in [0.717, 1.165) is 19.4 Å². The first-order valence-corrected chi connectivity index (χ1v) is 8.39. The maximum absolute atomic E-state index is 12.4. The minimum absolute atomic E-state index is 0. The van der Waals surface area contributed by atoms with E-state index in [-0.39, 0.29) is 34.4 Å². The van der Waals surface area contributed by atoms with Crippen molar-refractivity contribution in [1.82, 2.24) is 10.0 Å². The van der Waals surface area contributed by atoms with Crippen LogP contribution in [-0.4, -0.2) is 34.2 Å². The van der Waals surface area contributed by atoms with Crippen LogP contribution in [0.3, 0.4) is 0 Å². The van der Waals surface area contributed by atoms with E-state index in [1.165, 1.54) is 19.2 Å². The number of benzene rings is 1. The second-order valence-corrected chi connectivity index (χ2v) is 7.03. The molecule has 0 spiro atoms. The van der Waals surface area contributed by atoms with Crippen molar-refractivity contribution in [3.8, 4) is 5.75 Å². The number of nitrogens with one attached hydrogen (secondary N) is 2. The summed E-state index contributed by atoms with van der Waals surface area (Å²) in [5, 5.41) is 3.55. The molecule has 0 radical (unpaired) electrons. The lowest BCUT2D eigenvalue weighted by molar-refractivity contribution is 0.349. The largest absolute Gasteiger partial charge is 0.495 e. The van der Waals surface area contributed by atoms with Crippen molar-refractivity contribution < 1.29 is 13.2 Å². The summed E-state index contributed by atoms with van der Waals surface area (Å²) in [5.74, 6) is 0.457. The summed E-state index contributed by atoms with van der Waals surface area (Å²) in [6.45, 7) is 2.90. The van der Waals surface area contributed by atoms with Crippen LogP contribution >= 0.6 is 24.0 Å². The van der Waals surface area contributed by atoms with Crippen LogP contribution in [0.1, 0.15) is 19.8 Å². The van der Waals surface area contributed by atoms with Gasteiger partial charge >= 0.3 is 0 Å². The van der Waals surface area contributed by atoms with E-state index in [1.54, 1.807) is 6.07 Å². The molecule has 0 aromatic heterocycles. The monoisotopic (exact) mass is 354 g/mol. The number of hydrogen-bond acceptors (Lipinski definition) is 4. The lowest BCUT2D eigenvalue weighted by Crippen LogP contribution is -2.51. The molecular formula is C13H20Cl2N2O3S. The Morgan fingerprint density at radius 3 is 2.71 bits per heavy atom. The lowest BCUT2D eigenvalue weighted by Gasteiger charge is -2.30. The molecule has 1 heterocycles. The summed E-state index contributed by atoms with van der Waals surface area (Å²) in [7, 11) is -2.08. The molecule has 1 aromatic carbocycles. The highest BCUT2D eigenvalue weighted by Crippen LogP contribution is 2.27. The van der Waals surface area contributed by atoms with E-state index >= 15 is 0 Å². The summed E-state index contributed by atoms with van der Waals surface area (Å²) in [6.07, 6.45) is 1.79. The molecule has 1 aliphatic rings. The predicted octanol–water partition coefficient (Wildman–Crippen LogP) is 2.19. The highest BCUT2D eigenvalue weighted by atomic mass is 35.5. The number of rotatable bonds is 4. The zero-order chi connectivity index (χ0) is 14.8. The zero-order valence-electron chi connectivity index (χ0n) is 11.9. The van der Waals surface area contributed by atoms with Crippen molar-refractivity contribution in [2.75, 3.05) is 13.7 Å². The number of methoxy groups -OCH3 is 1. The Labute approximate surface area is 136 Å². The third-order valence-electron chi connectivity index (χ3n) is 3.50. The summed E-state index contributed by atoms with van der Waals surface area (Å²) in [6, 6.07) is 4.47. The molecule has 0 saturated carbocycles. The fraction of sp³-hybridized carbons (Fsp3) is 0.538. The van der Waals surface area contributed by atoms with Crippen LogP contribution in [0, 0.1) is 0 Å². The summed E-state index contributed by atoms with van der Waals surface area (Å²) in [5.41, 5.74) is 0. The normalized spacial score (nSPS) is 22.4. The molecule has 8 heteroatoms. The maximum Gasteiger partial charge on any atom is 0.240 e. The van der Waals surface area contributed by atoms with Gasteiger partial charge in [0.1, 0.15) is 5.75 Å². The van der Waals surface area contributed by atoms with Gasteiger partial charge in [0.25, 0.3) is 0 Å². The standard InChI is InChI=1S/C13H19ClN2O3S.ClH/c1-9-12(4-3-7-15-9)16-20(17,18)10-5-6-13(19-2)11(14)8-10;/h5-6,8-9,12,15-16H,3-4,7H2,1-2H3;1H. The van der Waals surface area contributed by atoms with Gasteiger partial charge in [0.05, 0.1) is 17.0 Å². The molecule has 2 atom stereocenters. The second kappa shape index (κ2) is 7.65. The van der Waals surface area contributed by atoms with Crippen molar-refractivity contribution in [1.29, 1.82) is 0 Å². The fourth-order valence-electron chi connectivity index (χ4n) is 2.29. The van der Waals surface area contributed by atoms with Crippen molar-refractivity contribution >= 4 is 34.0 Å². The van der Waals surface area contributed by atoms with Crippen molar-refractivity contribution in [2.45, 2.75) is 36.7 Å². The highest BCUT2D eigenvalue weighted by Gasteiger charge is 2.26. The predicted molar refractivity (Wildman–Crippen MR) is 86.1 cm³/mol. The molecular weight excluding hydrogens is 335 g/mol. The van der Waals surface area contributed by atoms with Crippen LogP contribution in [0.2, 0.25) is 5.02 Å². The molecule has 2 N–H and O–H groups in total. The summed E-state index contributed by atoms with van der Waals surface area (Å²) >= 11 is 5.98. The Kier molecular flexibility index (Phi) is 6.74. The van der Waals surface area contributed by atoms with Crippen LogP contribution in [0.5, 0.6) is 5.75 Å². The zero-order valence-corrected chi connectivity index (χ0v) is 14.3. The van der Waals surface area contributed by atoms with Crippen LogP contribution < -0.4 is 14.8 Å². The topological polar surface area (TPSA) is 67.4 Å². The Hall–Kier alpha value is -0.530. The number of hydrogen-bond donors (Lipinski definition) is 2. The van der Waals surface area contributed by atoms with Crippen molar-refractivity contribution in [3.63, 3.8) is 0 Å². The van der Waals surface area contributed by atoms with Crippen LogP contribution in [-0.2, 0) is 10.0 Å². The average molecular weight is 355 g/mol. The Bertz CT molecular complexity index is 581. The van der Waals surface area contributed by atoms with Gasteiger partial charge in [-0.1, -0.05) is 11.6 Å². The molecule has 2 unspecified atom stereocenters. The number of halogens is 2. The molecule has 0 bridgehead atoms. The van der Waals surface area contributed by atoms with E-state index < -0.39 is 10.0 Å². The summed E-state index contributed by atoms with van der Waals surface area (Å²) in [4.78, 5) is 0.154. The van der Waals surface area contributed by atoms with E-state index in [0.29, 0.717) is 5.75 Å². The minimum atomic E-state index is -3.57. The van der Waals surface area contributed by atoms with E-state index in [9.17, 15) is 8.42 Å². The Morgan fingerprint density at radius 1 is 1.43 bits per heavy atom. The molecule has 1 saturated heterocycles. The van der Waals surface area contributed by atoms with Gasteiger partial charge in [0, 0.05) is 12.1 Å². The van der Waals surface area contributed by atoms with Crippen LogP contribution in [0.25, 0.3) is 0 Å². The quantitative estimate of drug-likeness (QED) is 0.869. The highest BCUT2D eigenvalue weighted by molar-refractivity contribution is 7.89. The lowest BCUT2D eigenvalue weighted by atomic mass is 10.0. The molecule has 120 valence electrons. The first-order chi connectivity index (χ1) is 9.44. The van der Waals surface area contributed by atoms with Gasteiger partial charge in [-0.2, -0.15) is 0 Å². The van der Waals surface area contributed by atoms with Crippen molar-refractivity contribution in [2.24, 2.45) is 0 Å². The summed E-state index contributed by atoms with van der Waals surface area (Å²) < 4.78 is 32.5. The van der Waals surface area contributed by atoms with Gasteiger partial charge in [0.15, 0.2) is 0 Å². The molecule has 1 fully saturated rings. The first-order valence-electron chi connectivity index (χ1n) is 6.53. The second-order valence-electron chi connectivity index (χ2n) is 4.91. The van der Waals surface area contributed by atoms with Gasteiger partial charge < -0.3 is 10.1 Å². The number of piperidine rings is 1. The average Bonchev–Trinajstić information content (AvgIpc) is 2.41. The molecule has 0 aliphatic carbocycles. The van der Waals surface area contributed by atoms with Crippen LogP contribution in [0.15, 0.2) is 23.1 Å². The number of sulfonamides is 1. The number of ether oxygens (including phenoxy) is 1. The van der Waals surface area contributed by atoms with Gasteiger partial charge in [-0.3, -0.25) is 0 Å². The Morgan fingerprint density at radius 2 is 2.14 bits per heavy atom. The smallest absolute Gasteiger partial charge is 0.240 e. The van der Waals surface area contributed by atoms with Crippen LogP contribution in [0.4, 0.5) is 0 Å². The van der Waals surface area contributed by atoms with E-state index in [1.807, 2.05) is 6.92 Å². The molecule has 5 nitrogen and oxygen atoms in total. The molecule has 0 amide bonds. The first kappa shape index (κ1) is 18.5. The van der Waals surface area contributed by atoms with Crippen molar-refractivity contribution in [3.05, 3.63) is 23.2 Å². The Balaban J connectivity index is 0.00000220. The SMILES string of the molecule is COc1ccc(S(=O)(=O)NC2CCCNC2C)cc1Cl.Cl. The fourth-order valence-corrected chi connectivity index (χ4v) is 3.99. The molecule has 2 rings (SSSR count). The van der Waals surface area contributed by atoms with Gasteiger partial charge in [0.2, 0.25) is 10.0 Å².